The fourth-order valence-electron chi connectivity index (χ4n) is 2.57. The molecule has 1 heterocycles. The average molecular weight is 255 g/mol. The lowest BCUT2D eigenvalue weighted by atomic mass is 9.79. The first-order valence-corrected chi connectivity index (χ1v) is 6.53. The molecule has 2 atom stereocenters. The molecule has 1 aromatic heterocycles. The first kappa shape index (κ1) is 12.7. The molecule has 0 saturated heterocycles. The molecule has 1 aliphatic rings. The third-order valence-electron chi connectivity index (χ3n) is 3.42. The maximum Gasteiger partial charge on any atom is 0.131 e. The Morgan fingerprint density at radius 1 is 1.65 bits per heavy atom. The van der Waals surface area contributed by atoms with Gasteiger partial charge in [0.05, 0.1) is 5.60 Å². The fraction of sp³-hybridized carbons (Fsp3) is 0.615. The quantitative estimate of drug-likeness (QED) is 0.815. The predicted octanol–water partition coefficient (Wildman–Crippen LogP) is 3.09. The van der Waals surface area contributed by atoms with Crippen LogP contribution in [0.3, 0.4) is 0 Å². The van der Waals surface area contributed by atoms with E-state index in [-0.39, 0.29) is 0 Å². The third kappa shape index (κ3) is 3.58. The molecule has 1 aliphatic carbocycles. The van der Waals surface area contributed by atoms with E-state index in [0.717, 1.165) is 24.9 Å². The van der Waals surface area contributed by atoms with Crippen LogP contribution >= 0.6 is 11.6 Å². The molecule has 0 bridgehead atoms. The molecule has 2 rings (SSSR count). The van der Waals surface area contributed by atoms with Crippen LogP contribution in [0.4, 0.5) is 5.69 Å². The van der Waals surface area contributed by atoms with Crippen LogP contribution in [0.1, 0.15) is 32.6 Å². The van der Waals surface area contributed by atoms with Crippen molar-refractivity contribution in [2.24, 2.45) is 5.92 Å². The summed E-state index contributed by atoms with van der Waals surface area (Å²) in [6.07, 6.45) is 5.75. The van der Waals surface area contributed by atoms with E-state index in [9.17, 15) is 5.11 Å². The SMILES string of the molecule is CC1CCCC(O)(CNc2ccnc(Cl)c2)C1. The number of aliphatic hydroxyl groups is 1. The lowest BCUT2D eigenvalue weighted by Crippen LogP contribution is -2.41. The summed E-state index contributed by atoms with van der Waals surface area (Å²) in [4.78, 5) is 3.93. The fourth-order valence-corrected chi connectivity index (χ4v) is 2.75. The largest absolute Gasteiger partial charge is 0.388 e. The molecule has 1 fully saturated rings. The molecular weight excluding hydrogens is 236 g/mol. The van der Waals surface area contributed by atoms with Gasteiger partial charge in [-0.25, -0.2) is 4.98 Å². The van der Waals surface area contributed by atoms with Gasteiger partial charge in [0.25, 0.3) is 0 Å². The van der Waals surface area contributed by atoms with Crippen molar-refractivity contribution in [2.75, 3.05) is 11.9 Å². The predicted molar refractivity (Wildman–Crippen MR) is 70.3 cm³/mol. The smallest absolute Gasteiger partial charge is 0.131 e. The zero-order valence-corrected chi connectivity index (χ0v) is 10.9. The molecule has 0 spiro atoms. The van der Waals surface area contributed by atoms with Gasteiger partial charge in [-0.1, -0.05) is 31.4 Å². The van der Waals surface area contributed by atoms with Gasteiger partial charge >= 0.3 is 0 Å². The van der Waals surface area contributed by atoms with Crippen LogP contribution in [0.25, 0.3) is 0 Å². The number of nitrogens with one attached hydrogen (secondary N) is 1. The number of hydrogen-bond acceptors (Lipinski definition) is 3. The van der Waals surface area contributed by atoms with Gasteiger partial charge in [-0.3, -0.25) is 0 Å². The maximum absolute atomic E-state index is 10.5. The molecule has 0 aliphatic heterocycles. The molecule has 3 nitrogen and oxygen atoms in total. The molecule has 0 amide bonds. The monoisotopic (exact) mass is 254 g/mol. The Hall–Kier alpha value is -0.800. The molecule has 2 N–H and O–H groups in total. The summed E-state index contributed by atoms with van der Waals surface area (Å²) >= 11 is 5.81. The van der Waals surface area contributed by atoms with Gasteiger partial charge in [0.1, 0.15) is 5.15 Å². The van der Waals surface area contributed by atoms with Gasteiger partial charge in [-0.05, 0) is 30.9 Å². The summed E-state index contributed by atoms with van der Waals surface area (Å²) in [6.45, 7) is 2.78. The Kier molecular flexibility index (Phi) is 3.89. The zero-order valence-electron chi connectivity index (χ0n) is 10.1. The molecule has 1 aromatic rings. The van der Waals surface area contributed by atoms with Crippen molar-refractivity contribution in [3.63, 3.8) is 0 Å². The number of halogens is 1. The number of anilines is 1. The van der Waals surface area contributed by atoms with E-state index < -0.39 is 5.60 Å². The van der Waals surface area contributed by atoms with Crippen molar-refractivity contribution in [2.45, 2.75) is 38.2 Å². The van der Waals surface area contributed by atoms with E-state index in [4.69, 9.17) is 11.6 Å². The lowest BCUT2D eigenvalue weighted by Gasteiger charge is -2.35. The van der Waals surface area contributed by atoms with Gasteiger partial charge in [0.2, 0.25) is 0 Å². The van der Waals surface area contributed by atoms with Gasteiger partial charge in [-0.2, -0.15) is 0 Å². The second kappa shape index (κ2) is 5.23. The second-order valence-electron chi connectivity index (χ2n) is 5.15. The lowest BCUT2D eigenvalue weighted by molar-refractivity contribution is -0.000762. The Bertz CT molecular complexity index is 385. The number of pyridine rings is 1. The summed E-state index contributed by atoms with van der Waals surface area (Å²) in [5.74, 6) is 0.608. The summed E-state index contributed by atoms with van der Waals surface area (Å²) < 4.78 is 0. The normalized spacial score (nSPS) is 29.0. The van der Waals surface area contributed by atoms with Crippen LogP contribution in [-0.4, -0.2) is 22.2 Å². The molecular formula is C13H19ClN2O. The van der Waals surface area contributed by atoms with Gasteiger partial charge < -0.3 is 10.4 Å². The maximum atomic E-state index is 10.5. The molecule has 4 heteroatoms. The third-order valence-corrected chi connectivity index (χ3v) is 3.62. The van der Waals surface area contributed by atoms with Crippen molar-refractivity contribution in [3.8, 4) is 0 Å². The molecule has 0 aromatic carbocycles. The van der Waals surface area contributed by atoms with E-state index in [1.165, 1.54) is 6.42 Å². The first-order chi connectivity index (χ1) is 8.07. The number of aromatic nitrogens is 1. The Balaban J connectivity index is 1.93. The zero-order chi connectivity index (χ0) is 12.3. The molecule has 1 saturated carbocycles. The van der Waals surface area contributed by atoms with Crippen LogP contribution in [0.15, 0.2) is 18.3 Å². The Morgan fingerprint density at radius 2 is 2.47 bits per heavy atom. The van der Waals surface area contributed by atoms with Gasteiger partial charge in [0, 0.05) is 18.4 Å². The van der Waals surface area contributed by atoms with Gasteiger partial charge in [0.15, 0.2) is 0 Å². The Labute approximate surface area is 107 Å². The minimum atomic E-state index is -0.576. The van der Waals surface area contributed by atoms with E-state index in [0.29, 0.717) is 17.6 Å². The van der Waals surface area contributed by atoms with Crippen molar-refractivity contribution in [1.29, 1.82) is 0 Å². The van der Waals surface area contributed by atoms with Gasteiger partial charge in [-0.15, -0.1) is 0 Å². The molecule has 94 valence electrons. The number of hydrogen-bond donors (Lipinski definition) is 2. The van der Waals surface area contributed by atoms with Crippen molar-refractivity contribution < 1.29 is 5.11 Å². The highest BCUT2D eigenvalue weighted by atomic mass is 35.5. The van der Waals surface area contributed by atoms with Crippen LogP contribution in [-0.2, 0) is 0 Å². The van der Waals surface area contributed by atoms with Crippen LogP contribution in [0.5, 0.6) is 0 Å². The number of rotatable bonds is 3. The van der Waals surface area contributed by atoms with Crippen molar-refractivity contribution in [1.82, 2.24) is 4.98 Å². The molecule has 17 heavy (non-hydrogen) atoms. The number of nitrogens with zero attached hydrogens (tertiary/aromatic N) is 1. The van der Waals surface area contributed by atoms with Crippen LogP contribution in [0.2, 0.25) is 5.15 Å². The summed E-state index contributed by atoms with van der Waals surface area (Å²) in [5, 5.41) is 14.2. The van der Waals surface area contributed by atoms with Crippen LogP contribution < -0.4 is 5.32 Å². The average Bonchev–Trinajstić information content (AvgIpc) is 2.26. The summed E-state index contributed by atoms with van der Waals surface area (Å²) in [7, 11) is 0. The highest BCUT2D eigenvalue weighted by Crippen LogP contribution is 2.32. The van der Waals surface area contributed by atoms with Crippen LogP contribution in [0, 0.1) is 5.92 Å². The topological polar surface area (TPSA) is 45.1 Å². The standard InChI is InChI=1S/C13H19ClN2O/c1-10-3-2-5-13(17,8-10)9-16-11-4-6-15-12(14)7-11/h4,6-7,10,17H,2-3,5,8-9H2,1H3,(H,15,16). The Morgan fingerprint density at radius 3 is 3.18 bits per heavy atom. The molecule has 2 unspecified atom stereocenters. The second-order valence-corrected chi connectivity index (χ2v) is 5.53. The minimum Gasteiger partial charge on any atom is -0.388 e. The minimum absolute atomic E-state index is 0.471. The van der Waals surface area contributed by atoms with E-state index in [1.807, 2.05) is 6.07 Å². The first-order valence-electron chi connectivity index (χ1n) is 6.15. The summed E-state index contributed by atoms with van der Waals surface area (Å²) in [6, 6.07) is 3.64. The van der Waals surface area contributed by atoms with E-state index >= 15 is 0 Å². The van der Waals surface area contributed by atoms with Crippen molar-refractivity contribution in [3.05, 3.63) is 23.5 Å². The van der Waals surface area contributed by atoms with E-state index in [1.54, 1.807) is 12.3 Å². The molecule has 0 radical (unpaired) electrons. The highest BCUT2D eigenvalue weighted by molar-refractivity contribution is 6.29. The van der Waals surface area contributed by atoms with Crippen molar-refractivity contribution >= 4 is 17.3 Å². The highest BCUT2D eigenvalue weighted by Gasteiger charge is 2.32. The summed E-state index contributed by atoms with van der Waals surface area (Å²) in [5.41, 5.74) is 0.338. The van der Waals surface area contributed by atoms with E-state index in [2.05, 4.69) is 17.2 Å².